The summed E-state index contributed by atoms with van der Waals surface area (Å²) in [4.78, 5) is 74.1. The zero-order chi connectivity index (χ0) is 42.2. The number of carbonyl (C=O) groups excluding carboxylic acids is 6. The van der Waals surface area contributed by atoms with Crippen LogP contribution in [0.1, 0.15) is 194 Å². The molecule has 0 rings (SSSR count). The summed E-state index contributed by atoms with van der Waals surface area (Å²) in [5.74, 6) is -3.11. The zero-order valence-corrected chi connectivity index (χ0v) is 35.9. The van der Waals surface area contributed by atoms with Gasteiger partial charge in [-0.2, -0.15) is 0 Å². The number of rotatable bonds is 40. The van der Waals surface area contributed by atoms with E-state index in [0.717, 1.165) is 57.8 Å². The molecular formula is C44H78O13. The molecule has 0 heterocycles. The van der Waals surface area contributed by atoms with Gasteiger partial charge in [-0.05, 0) is 38.5 Å². The van der Waals surface area contributed by atoms with Gasteiger partial charge in [-0.15, -0.1) is 0 Å². The van der Waals surface area contributed by atoms with Crippen molar-refractivity contribution in [1.82, 2.24) is 0 Å². The number of hydrogen-bond acceptors (Lipinski definition) is 13. The predicted molar refractivity (Wildman–Crippen MR) is 217 cm³/mol. The van der Waals surface area contributed by atoms with Crippen LogP contribution in [0.5, 0.6) is 0 Å². The molecule has 0 aliphatic carbocycles. The quantitative estimate of drug-likeness (QED) is 0.0353. The largest absolute Gasteiger partial charge is 0.466 e. The number of unbranched alkanes of at least 4 members (excludes halogenated alkanes) is 15. The van der Waals surface area contributed by atoms with Crippen molar-refractivity contribution in [2.45, 2.75) is 194 Å². The molecule has 0 amide bonds. The maximum absolute atomic E-state index is 12.6. The van der Waals surface area contributed by atoms with Crippen LogP contribution in [0.25, 0.3) is 0 Å². The second kappa shape index (κ2) is 38.3. The molecule has 0 aliphatic heterocycles. The lowest BCUT2D eigenvalue weighted by Gasteiger charge is -2.30. The highest BCUT2D eigenvalue weighted by molar-refractivity contribution is 5.74. The molecule has 0 spiro atoms. The number of esters is 6. The van der Waals surface area contributed by atoms with Gasteiger partial charge in [0.1, 0.15) is 19.8 Å². The van der Waals surface area contributed by atoms with E-state index in [0.29, 0.717) is 19.8 Å². The molecule has 57 heavy (non-hydrogen) atoms. The monoisotopic (exact) mass is 815 g/mol. The second-order valence-electron chi connectivity index (χ2n) is 15.2. The number of carbonyl (C=O) groups is 6. The van der Waals surface area contributed by atoms with Crippen molar-refractivity contribution in [3.8, 4) is 0 Å². The lowest BCUT2D eigenvalue weighted by atomic mass is 9.92. The van der Waals surface area contributed by atoms with E-state index in [4.69, 9.17) is 28.4 Å². The van der Waals surface area contributed by atoms with Gasteiger partial charge < -0.3 is 33.5 Å². The topological polar surface area (TPSA) is 178 Å². The van der Waals surface area contributed by atoms with Crippen LogP contribution in [-0.4, -0.2) is 87.2 Å². The van der Waals surface area contributed by atoms with Crippen LogP contribution in [0.2, 0.25) is 0 Å². The van der Waals surface area contributed by atoms with Gasteiger partial charge in [0.05, 0.1) is 31.8 Å². The Morgan fingerprint density at radius 2 is 0.561 bits per heavy atom. The number of ether oxygens (including phenoxy) is 6. The van der Waals surface area contributed by atoms with Crippen molar-refractivity contribution in [1.29, 1.82) is 0 Å². The summed E-state index contributed by atoms with van der Waals surface area (Å²) in [6.07, 6.45) is 19.8. The van der Waals surface area contributed by atoms with Crippen LogP contribution in [-0.2, 0) is 57.2 Å². The lowest BCUT2D eigenvalue weighted by Crippen LogP contribution is -2.42. The van der Waals surface area contributed by atoms with Crippen molar-refractivity contribution in [2.75, 3.05) is 46.2 Å². The van der Waals surface area contributed by atoms with Gasteiger partial charge in [-0.3, -0.25) is 28.8 Å². The molecule has 0 bridgehead atoms. The highest BCUT2D eigenvalue weighted by Crippen LogP contribution is 2.21. The summed E-state index contributed by atoms with van der Waals surface area (Å²) >= 11 is 0. The minimum absolute atomic E-state index is 0.0461. The smallest absolute Gasteiger partial charge is 0.305 e. The average Bonchev–Trinajstić information content (AvgIpc) is 3.19. The van der Waals surface area contributed by atoms with Gasteiger partial charge in [0, 0.05) is 38.5 Å². The van der Waals surface area contributed by atoms with E-state index in [9.17, 15) is 33.9 Å². The molecule has 0 radical (unpaired) electrons. The molecule has 332 valence electrons. The Balaban J connectivity index is 4.88. The molecule has 0 fully saturated rings. The van der Waals surface area contributed by atoms with Crippen LogP contribution in [0.15, 0.2) is 0 Å². The lowest BCUT2D eigenvalue weighted by molar-refractivity contribution is -0.165. The summed E-state index contributed by atoms with van der Waals surface area (Å²) in [6.45, 7) is 5.56. The van der Waals surface area contributed by atoms with Gasteiger partial charge >= 0.3 is 35.8 Å². The average molecular weight is 815 g/mol. The Hall–Kier alpha value is -3.22. The van der Waals surface area contributed by atoms with Gasteiger partial charge in [0.15, 0.2) is 0 Å². The molecule has 0 atom stereocenters. The van der Waals surface area contributed by atoms with E-state index in [1.165, 1.54) is 57.8 Å². The Labute approximate surface area is 343 Å². The van der Waals surface area contributed by atoms with Gasteiger partial charge in [0.25, 0.3) is 0 Å². The van der Waals surface area contributed by atoms with Crippen LogP contribution < -0.4 is 0 Å². The summed E-state index contributed by atoms with van der Waals surface area (Å²) in [7, 11) is 0. The number of hydrogen-bond donors (Lipinski definition) is 1. The van der Waals surface area contributed by atoms with E-state index >= 15 is 0 Å². The normalized spacial score (nSPS) is 11.2. The van der Waals surface area contributed by atoms with E-state index < -0.39 is 67.7 Å². The van der Waals surface area contributed by atoms with Crippen LogP contribution in [0.3, 0.4) is 0 Å². The van der Waals surface area contributed by atoms with E-state index in [2.05, 4.69) is 20.8 Å². The van der Waals surface area contributed by atoms with Gasteiger partial charge in [0.2, 0.25) is 0 Å². The molecule has 0 unspecified atom stereocenters. The van der Waals surface area contributed by atoms with E-state index in [1.54, 1.807) is 0 Å². The summed E-state index contributed by atoms with van der Waals surface area (Å²) < 4.78 is 32.0. The van der Waals surface area contributed by atoms with Crippen LogP contribution in [0.4, 0.5) is 0 Å². The minimum atomic E-state index is -1.47. The third-order valence-electron chi connectivity index (χ3n) is 9.52. The first-order valence-electron chi connectivity index (χ1n) is 22.2. The summed E-state index contributed by atoms with van der Waals surface area (Å²) in [5.41, 5.74) is -1.47. The molecule has 0 saturated carbocycles. The number of aliphatic hydroxyl groups is 1. The van der Waals surface area contributed by atoms with Crippen LogP contribution in [0, 0.1) is 5.41 Å². The standard InChI is InChI=1S/C44H78O13/c1-4-7-10-13-16-19-31-52-38(46)25-22-28-41(49)55-35-44(34-45,36-56-42(50)29-23-26-39(47)53-32-20-17-14-11-8-5-2)37-57-43(51)30-24-27-40(48)54-33-21-18-15-12-9-6-3/h45H,4-37H2,1-3H3. The molecule has 0 aromatic carbocycles. The van der Waals surface area contributed by atoms with Crippen molar-refractivity contribution >= 4 is 35.8 Å². The van der Waals surface area contributed by atoms with E-state index in [-0.39, 0.29) is 57.8 Å². The Morgan fingerprint density at radius 3 is 0.807 bits per heavy atom. The van der Waals surface area contributed by atoms with Gasteiger partial charge in [-0.1, -0.05) is 117 Å². The molecular weight excluding hydrogens is 736 g/mol. The van der Waals surface area contributed by atoms with E-state index in [1.807, 2.05) is 0 Å². The molecule has 0 saturated heterocycles. The fourth-order valence-electron chi connectivity index (χ4n) is 5.73. The van der Waals surface area contributed by atoms with Crippen molar-refractivity contribution in [2.24, 2.45) is 5.41 Å². The van der Waals surface area contributed by atoms with Crippen molar-refractivity contribution < 1.29 is 62.3 Å². The summed E-state index contributed by atoms with van der Waals surface area (Å²) in [6, 6.07) is 0. The molecule has 0 aliphatic rings. The SMILES string of the molecule is CCCCCCCCOC(=O)CCCC(=O)OCC(CO)(COC(=O)CCCC(=O)OCCCCCCCC)COC(=O)CCCC(=O)OCCCCCCCC. The maximum Gasteiger partial charge on any atom is 0.305 e. The zero-order valence-electron chi connectivity index (χ0n) is 35.9. The maximum atomic E-state index is 12.6. The highest BCUT2D eigenvalue weighted by atomic mass is 16.6. The Morgan fingerprint density at radius 1 is 0.333 bits per heavy atom. The predicted octanol–water partition coefficient (Wildman–Crippen LogP) is 8.82. The fraction of sp³-hybridized carbons (Fsp3) is 0.864. The van der Waals surface area contributed by atoms with Crippen molar-refractivity contribution in [3.05, 3.63) is 0 Å². The first kappa shape index (κ1) is 53.8. The summed E-state index contributed by atoms with van der Waals surface area (Å²) in [5, 5.41) is 10.4. The molecule has 0 aromatic rings. The Kier molecular flexibility index (Phi) is 36.1. The fourth-order valence-corrected chi connectivity index (χ4v) is 5.73. The molecule has 13 heteroatoms. The highest BCUT2D eigenvalue weighted by Gasteiger charge is 2.35. The van der Waals surface area contributed by atoms with Crippen molar-refractivity contribution in [3.63, 3.8) is 0 Å². The third kappa shape index (κ3) is 34.5. The molecule has 1 N–H and O–H groups in total. The Bertz CT molecular complexity index is 934. The first-order chi connectivity index (χ1) is 27.6. The number of aliphatic hydroxyl groups excluding tert-OH is 1. The minimum Gasteiger partial charge on any atom is -0.466 e. The second-order valence-corrected chi connectivity index (χ2v) is 15.2. The van der Waals surface area contributed by atoms with Gasteiger partial charge in [-0.25, -0.2) is 0 Å². The first-order valence-corrected chi connectivity index (χ1v) is 22.2. The molecule has 13 nitrogen and oxygen atoms in total. The third-order valence-corrected chi connectivity index (χ3v) is 9.52. The van der Waals surface area contributed by atoms with Crippen LogP contribution >= 0.6 is 0 Å². The molecule has 0 aromatic heterocycles.